The zero-order chi connectivity index (χ0) is 24.5. The molecule has 2 aromatic carbocycles. The van der Waals surface area contributed by atoms with Crippen LogP contribution in [0.5, 0.6) is 0 Å². The number of fused-ring (bicyclic) bond motifs is 2. The third kappa shape index (κ3) is 3.72. The minimum Gasteiger partial charge on any atom is -0.342 e. The van der Waals surface area contributed by atoms with E-state index in [0.717, 1.165) is 16.5 Å². The molecule has 3 aromatic rings. The van der Waals surface area contributed by atoms with Gasteiger partial charge in [0.1, 0.15) is 5.82 Å². The number of rotatable bonds is 4. The number of piperidine rings is 1. The van der Waals surface area contributed by atoms with E-state index >= 15 is 0 Å². The van der Waals surface area contributed by atoms with Crippen LogP contribution in [0.3, 0.4) is 0 Å². The second-order valence-corrected chi connectivity index (χ2v) is 12.3. The maximum atomic E-state index is 13.2. The van der Waals surface area contributed by atoms with Gasteiger partial charge in [-0.25, -0.2) is 18.2 Å². The molecule has 6 rings (SSSR count). The van der Waals surface area contributed by atoms with E-state index in [0.29, 0.717) is 49.7 Å². The zero-order valence-corrected chi connectivity index (χ0v) is 20.8. The van der Waals surface area contributed by atoms with Crippen molar-refractivity contribution in [2.24, 2.45) is 5.92 Å². The number of hydrogen-bond acceptors (Lipinski definition) is 5. The minimum absolute atomic E-state index is 0.0502. The summed E-state index contributed by atoms with van der Waals surface area (Å²) in [7, 11) is -3.60. The van der Waals surface area contributed by atoms with Crippen LogP contribution in [0.4, 0.5) is 4.79 Å². The lowest BCUT2D eigenvalue weighted by molar-refractivity contribution is -0.133. The summed E-state index contributed by atoms with van der Waals surface area (Å²) in [4.78, 5) is 34.0. The number of carbonyl (C=O) groups is 2. The van der Waals surface area contributed by atoms with Crippen LogP contribution in [0.1, 0.15) is 30.8 Å². The first-order valence-corrected chi connectivity index (χ1v) is 13.7. The van der Waals surface area contributed by atoms with Crippen molar-refractivity contribution in [3.05, 3.63) is 59.1 Å². The SMILES string of the molecule is Cc1ncc2n1C(=O)N(C1CCN(C(=O)C3CC3S(=O)(=O)c3ccc4cc(Cl)ccc4c3)CC1)C2. The monoisotopic (exact) mass is 512 g/mol. The summed E-state index contributed by atoms with van der Waals surface area (Å²) in [5.74, 6) is 0.0975. The summed E-state index contributed by atoms with van der Waals surface area (Å²) < 4.78 is 28.1. The standard InChI is InChI=1S/C25H25ClN4O4S/c1-15-27-13-20-14-29(25(32)30(15)20)19-6-8-28(9-7-19)24(31)22-12-23(22)35(33,34)21-5-3-16-10-18(26)4-2-17(16)11-21/h2-5,10-11,13,19,22-23H,6-9,12,14H2,1H3. The predicted molar refractivity (Wildman–Crippen MR) is 131 cm³/mol. The molecule has 2 atom stereocenters. The molecule has 1 aromatic heterocycles. The smallest absolute Gasteiger partial charge is 0.330 e. The first-order valence-electron chi connectivity index (χ1n) is 11.8. The Morgan fingerprint density at radius 2 is 1.80 bits per heavy atom. The number of benzene rings is 2. The Morgan fingerprint density at radius 1 is 1.09 bits per heavy atom. The first kappa shape index (κ1) is 22.5. The molecule has 0 bridgehead atoms. The number of amides is 2. The Kier molecular flexibility index (Phi) is 5.19. The van der Waals surface area contributed by atoms with Crippen molar-refractivity contribution < 1.29 is 18.0 Å². The molecule has 10 heteroatoms. The summed E-state index contributed by atoms with van der Waals surface area (Å²) >= 11 is 6.03. The highest BCUT2D eigenvalue weighted by Gasteiger charge is 2.53. The fraction of sp³-hybridized carbons (Fsp3) is 0.400. The van der Waals surface area contributed by atoms with Crippen LogP contribution in [0.15, 0.2) is 47.5 Å². The van der Waals surface area contributed by atoms with Crippen LogP contribution in [-0.4, -0.2) is 64.1 Å². The lowest BCUT2D eigenvalue weighted by atomic mass is 10.0. The van der Waals surface area contributed by atoms with Gasteiger partial charge in [-0.15, -0.1) is 0 Å². The van der Waals surface area contributed by atoms with E-state index in [1.54, 1.807) is 52.1 Å². The Bertz CT molecular complexity index is 1480. The molecule has 0 radical (unpaired) electrons. The second-order valence-electron chi connectivity index (χ2n) is 9.68. The number of sulfone groups is 1. The van der Waals surface area contributed by atoms with Crippen LogP contribution in [0.25, 0.3) is 10.8 Å². The van der Waals surface area contributed by atoms with Crippen LogP contribution in [0, 0.1) is 12.8 Å². The Labute approximate surface area is 208 Å². The van der Waals surface area contributed by atoms with E-state index in [-0.39, 0.29) is 22.9 Å². The summed E-state index contributed by atoms with van der Waals surface area (Å²) in [6.45, 7) is 3.41. The Balaban J connectivity index is 1.09. The van der Waals surface area contributed by atoms with Crippen molar-refractivity contribution in [3.8, 4) is 0 Å². The van der Waals surface area contributed by atoms with Gasteiger partial charge in [0.15, 0.2) is 9.84 Å². The van der Waals surface area contributed by atoms with Crippen molar-refractivity contribution >= 4 is 44.1 Å². The van der Waals surface area contributed by atoms with E-state index in [1.165, 1.54) is 0 Å². The van der Waals surface area contributed by atoms with Crippen molar-refractivity contribution in [1.29, 1.82) is 0 Å². The fourth-order valence-corrected chi connectivity index (χ4v) is 7.56. The molecular weight excluding hydrogens is 488 g/mol. The van der Waals surface area contributed by atoms with Gasteiger partial charge in [0.05, 0.1) is 34.5 Å². The van der Waals surface area contributed by atoms with E-state index in [2.05, 4.69) is 4.98 Å². The first-order chi connectivity index (χ1) is 16.7. The van der Waals surface area contributed by atoms with Crippen molar-refractivity contribution in [2.45, 2.75) is 48.9 Å². The molecular formula is C25H25ClN4O4S. The molecule has 1 saturated heterocycles. The zero-order valence-electron chi connectivity index (χ0n) is 19.2. The van der Waals surface area contributed by atoms with Gasteiger partial charge in [0.25, 0.3) is 0 Å². The number of aromatic nitrogens is 2. The van der Waals surface area contributed by atoms with E-state index in [1.807, 2.05) is 11.8 Å². The van der Waals surface area contributed by atoms with Crippen LogP contribution >= 0.6 is 11.6 Å². The molecule has 2 unspecified atom stereocenters. The number of carbonyl (C=O) groups excluding carboxylic acids is 2. The number of likely N-dealkylation sites (tertiary alicyclic amines) is 1. The molecule has 2 aliphatic heterocycles. The van der Waals surface area contributed by atoms with Gasteiger partial charge in [-0.3, -0.25) is 9.36 Å². The van der Waals surface area contributed by atoms with Crippen LogP contribution in [0.2, 0.25) is 5.02 Å². The summed E-state index contributed by atoms with van der Waals surface area (Å²) in [5, 5.41) is 1.59. The van der Waals surface area contributed by atoms with Crippen molar-refractivity contribution in [2.75, 3.05) is 13.1 Å². The molecule has 3 heterocycles. The molecule has 1 aliphatic carbocycles. The van der Waals surface area contributed by atoms with Gasteiger partial charge in [0, 0.05) is 24.2 Å². The largest absolute Gasteiger partial charge is 0.342 e. The number of imidazole rings is 1. The molecule has 35 heavy (non-hydrogen) atoms. The van der Waals surface area contributed by atoms with Crippen molar-refractivity contribution in [1.82, 2.24) is 19.4 Å². The van der Waals surface area contributed by atoms with Crippen LogP contribution < -0.4 is 0 Å². The average Bonchev–Trinajstić information content (AvgIpc) is 3.49. The normalized spacial score (nSPS) is 22.6. The van der Waals surface area contributed by atoms with Gasteiger partial charge in [0.2, 0.25) is 5.91 Å². The highest BCUT2D eigenvalue weighted by atomic mass is 35.5. The summed E-state index contributed by atoms with van der Waals surface area (Å²) in [6.07, 6.45) is 3.47. The summed E-state index contributed by atoms with van der Waals surface area (Å²) in [6, 6.07) is 10.4. The Morgan fingerprint density at radius 3 is 2.54 bits per heavy atom. The maximum Gasteiger partial charge on any atom is 0.330 e. The molecule has 3 aliphatic rings. The van der Waals surface area contributed by atoms with Gasteiger partial charge < -0.3 is 9.80 Å². The third-order valence-electron chi connectivity index (χ3n) is 7.55. The van der Waals surface area contributed by atoms with Gasteiger partial charge in [-0.2, -0.15) is 0 Å². The molecule has 182 valence electrons. The van der Waals surface area contributed by atoms with Gasteiger partial charge in [-0.1, -0.05) is 23.7 Å². The lowest BCUT2D eigenvalue weighted by Crippen LogP contribution is -2.48. The van der Waals surface area contributed by atoms with E-state index < -0.39 is 21.0 Å². The van der Waals surface area contributed by atoms with Crippen molar-refractivity contribution in [3.63, 3.8) is 0 Å². The highest BCUT2D eigenvalue weighted by molar-refractivity contribution is 7.92. The molecule has 1 saturated carbocycles. The Hall–Kier alpha value is -2.91. The number of hydrogen-bond donors (Lipinski definition) is 0. The minimum atomic E-state index is -3.60. The molecule has 0 N–H and O–H groups in total. The molecule has 2 fully saturated rings. The van der Waals surface area contributed by atoms with Gasteiger partial charge in [-0.05, 0) is 61.2 Å². The molecule has 2 amide bonds. The van der Waals surface area contributed by atoms with E-state index in [4.69, 9.17) is 11.6 Å². The van der Waals surface area contributed by atoms with E-state index in [9.17, 15) is 18.0 Å². The topological polar surface area (TPSA) is 92.6 Å². The summed E-state index contributed by atoms with van der Waals surface area (Å²) in [5.41, 5.74) is 0.897. The number of nitrogens with zero attached hydrogens (tertiary/aromatic N) is 4. The molecule has 8 nitrogen and oxygen atoms in total. The number of aryl methyl sites for hydroxylation is 1. The number of halogens is 1. The third-order valence-corrected chi connectivity index (χ3v) is 10.0. The second kappa shape index (κ2) is 8.06. The fourth-order valence-electron chi connectivity index (χ4n) is 5.47. The highest BCUT2D eigenvalue weighted by Crippen LogP contribution is 2.43. The lowest BCUT2D eigenvalue weighted by Gasteiger charge is -2.36. The van der Waals surface area contributed by atoms with Gasteiger partial charge >= 0.3 is 6.03 Å². The predicted octanol–water partition coefficient (Wildman–Crippen LogP) is 3.64. The maximum absolute atomic E-state index is 13.2. The van der Waals surface area contributed by atoms with Crippen LogP contribution in [-0.2, 0) is 21.2 Å². The molecule has 0 spiro atoms. The quantitative estimate of drug-likeness (QED) is 0.532. The average molecular weight is 513 g/mol.